The van der Waals surface area contributed by atoms with Gasteiger partial charge in [0.25, 0.3) is 0 Å². The summed E-state index contributed by atoms with van der Waals surface area (Å²) in [5.74, 6) is -0.322. The largest absolute Gasteiger partial charge is 0.460 e. The van der Waals surface area contributed by atoms with Crippen LogP contribution < -0.4 is 0 Å². The highest BCUT2D eigenvalue weighted by molar-refractivity contribution is 5.86. The van der Waals surface area contributed by atoms with Gasteiger partial charge in [0.2, 0.25) is 0 Å². The molecular weight excluding hydrogens is 240 g/mol. The second kappa shape index (κ2) is 12.2. The number of hydrogen-bond donors (Lipinski definition) is 0. The maximum atomic E-state index is 11.4. The summed E-state index contributed by atoms with van der Waals surface area (Å²) in [5, 5.41) is 0. The van der Waals surface area contributed by atoms with Crippen molar-refractivity contribution >= 4 is 5.97 Å². The molecule has 0 amide bonds. The number of hydrogen-bond acceptors (Lipinski definition) is 3. The van der Waals surface area contributed by atoms with Crippen LogP contribution in [-0.4, -0.2) is 25.3 Å². The summed E-state index contributed by atoms with van der Waals surface area (Å²) in [4.78, 5) is 11.4. The van der Waals surface area contributed by atoms with E-state index in [1.54, 1.807) is 6.92 Å². The molecule has 0 bridgehead atoms. The summed E-state index contributed by atoms with van der Waals surface area (Å²) in [7, 11) is 0. The maximum Gasteiger partial charge on any atom is 0.333 e. The first kappa shape index (κ1) is 18.2. The van der Waals surface area contributed by atoms with Crippen LogP contribution in [0.1, 0.15) is 65.7 Å². The number of unbranched alkanes of at least 4 members (excludes halogenated alkanes) is 4. The van der Waals surface area contributed by atoms with Crippen molar-refractivity contribution in [3.63, 3.8) is 0 Å². The molecule has 112 valence electrons. The van der Waals surface area contributed by atoms with E-state index >= 15 is 0 Å². The van der Waals surface area contributed by atoms with Gasteiger partial charge < -0.3 is 9.47 Å². The van der Waals surface area contributed by atoms with Gasteiger partial charge in [-0.3, -0.25) is 0 Å². The van der Waals surface area contributed by atoms with E-state index in [2.05, 4.69) is 20.4 Å². The Hall–Kier alpha value is -0.830. The van der Waals surface area contributed by atoms with Gasteiger partial charge in [-0.1, -0.05) is 52.5 Å². The molecule has 1 unspecified atom stereocenters. The highest BCUT2D eigenvalue weighted by Crippen LogP contribution is 2.10. The van der Waals surface area contributed by atoms with E-state index in [1.165, 1.54) is 19.3 Å². The monoisotopic (exact) mass is 270 g/mol. The standard InChI is InChI=1S/C16H30O3/c1-5-7-9-10-11-15(18-12-8-6-2)13-19-16(17)14(3)4/h15H,3,5-13H2,1-2,4H3. The second-order valence-electron chi connectivity index (χ2n) is 5.07. The number of carbonyl (C=O) groups is 1. The first-order valence-electron chi connectivity index (χ1n) is 7.56. The average Bonchev–Trinajstić information content (AvgIpc) is 2.39. The zero-order chi connectivity index (χ0) is 14.5. The van der Waals surface area contributed by atoms with E-state index in [1.807, 2.05) is 0 Å². The van der Waals surface area contributed by atoms with Crippen LogP contribution >= 0.6 is 0 Å². The minimum absolute atomic E-state index is 0.0340. The Morgan fingerprint density at radius 3 is 2.37 bits per heavy atom. The predicted octanol–water partition coefficient (Wildman–Crippen LogP) is 4.26. The van der Waals surface area contributed by atoms with E-state index in [-0.39, 0.29) is 12.1 Å². The summed E-state index contributed by atoms with van der Waals surface area (Å²) in [6.07, 6.45) is 8.01. The Balaban J connectivity index is 3.94. The van der Waals surface area contributed by atoms with E-state index in [0.717, 1.165) is 32.3 Å². The molecule has 0 radical (unpaired) electrons. The van der Waals surface area contributed by atoms with E-state index in [9.17, 15) is 4.79 Å². The molecule has 0 aliphatic rings. The Bertz CT molecular complexity index is 248. The SMILES string of the molecule is C=C(C)C(=O)OCC(CCCCCC)OCCCC. The van der Waals surface area contributed by atoms with E-state index < -0.39 is 0 Å². The van der Waals surface area contributed by atoms with Gasteiger partial charge in [-0.2, -0.15) is 0 Å². The van der Waals surface area contributed by atoms with Crippen LogP contribution in [0.4, 0.5) is 0 Å². The minimum atomic E-state index is -0.322. The lowest BCUT2D eigenvalue weighted by Gasteiger charge is -2.18. The fourth-order valence-corrected chi connectivity index (χ4v) is 1.70. The third kappa shape index (κ3) is 10.8. The average molecular weight is 270 g/mol. The fourth-order valence-electron chi connectivity index (χ4n) is 1.70. The van der Waals surface area contributed by atoms with Gasteiger partial charge in [-0.05, 0) is 19.8 Å². The minimum Gasteiger partial charge on any atom is -0.460 e. The lowest BCUT2D eigenvalue weighted by molar-refractivity contribution is -0.143. The van der Waals surface area contributed by atoms with Gasteiger partial charge >= 0.3 is 5.97 Å². The molecule has 0 aromatic heterocycles. The van der Waals surface area contributed by atoms with Gasteiger partial charge in [-0.15, -0.1) is 0 Å². The first-order chi connectivity index (χ1) is 9.11. The Morgan fingerprint density at radius 1 is 1.11 bits per heavy atom. The molecular formula is C16H30O3. The van der Waals surface area contributed by atoms with Gasteiger partial charge in [0.15, 0.2) is 0 Å². The Morgan fingerprint density at radius 2 is 1.79 bits per heavy atom. The third-order valence-corrected chi connectivity index (χ3v) is 2.98. The molecule has 0 N–H and O–H groups in total. The zero-order valence-corrected chi connectivity index (χ0v) is 12.9. The van der Waals surface area contributed by atoms with Crippen molar-refractivity contribution in [3.8, 4) is 0 Å². The highest BCUT2D eigenvalue weighted by Gasteiger charge is 2.12. The maximum absolute atomic E-state index is 11.4. The number of rotatable bonds is 12. The topological polar surface area (TPSA) is 35.5 Å². The molecule has 0 aromatic carbocycles. The van der Waals surface area contributed by atoms with Crippen LogP contribution in [0.5, 0.6) is 0 Å². The number of esters is 1. The van der Waals surface area contributed by atoms with Crippen molar-refractivity contribution < 1.29 is 14.3 Å². The molecule has 0 saturated carbocycles. The van der Waals surface area contributed by atoms with Crippen LogP contribution in [0.15, 0.2) is 12.2 Å². The molecule has 0 rings (SSSR count). The van der Waals surface area contributed by atoms with E-state index in [4.69, 9.17) is 9.47 Å². The first-order valence-corrected chi connectivity index (χ1v) is 7.56. The van der Waals surface area contributed by atoms with Crippen LogP contribution in [-0.2, 0) is 14.3 Å². The second-order valence-corrected chi connectivity index (χ2v) is 5.07. The molecule has 0 aliphatic carbocycles. The number of ether oxygens (including phenoxy) is 2. The Labute approximate surface area is 118 Å². The molecule has 0 saturated heterocycles. The van der Waals surface area contributed by atoms with Gasteiger partial charge in [0.1, 0.15) is 6.61 Å². The molecule has 19 heavy (non-hydrogen) atoms. The summed E-state index contributed by atoms with van der Waals surface area (Å²) in [6, 6.07) is 0. The summed E-state index contributed by atoms with van der Waals surface area (Å²) in [6.45, 7) is 10.7. The van der Waals surface area contributed by atoms with E-state index in [0.29, 0.717) is 12.2 Å². The normalized spacial score (nSPS) is 12.2. The van der Waals surface area contributed by atoms with Crippen LogP contribution in [0.25, 0.3) is 0 Å². The quantitative estimate of drug-likeness (QED) is 0.302. The predicted molar refractivity (Wildman–Crippen MR) is 79.2 cm³/mol. The molecule has 1 atom stereocenters. The zero-order valence-electron chi connectivity index (χ0n) is 12.9. The van der Waals surface area contributed by atoms with Crippen molar-refractivity contribution in [2.24, 2.45) is 0 Å². The van der Waals surface area contributed by atoms with Gasteiger partial charge in [0.05, 0.1) is 6.10 Å². The summed E-state index contributed by atoms with van der Waals surface area (Å²) in [5.41, 5.74) is 0.443. The lowest BCUT2D eigenvalue weighted by Crippen LogP contribution is -2.23. The molecule has 0 heterocycles. The highest BCUT2D eigenvalue weighted by atomic mass is 16.6. The molecule has 0 spiro atoms. The molecule has 0 aromatic rings. The molecule has 0 fully saturated rings. The third-order valence-electron chi connectivity index (χ3n) is 2.98. The van der Waals surface area contributed by atoms with Gasteiger partial charge in [-0.25, -0.2) is 4.79 Å². The fraction of sp³-hybridized carbons (Fsp3) is 0.812. The number of carbonyl (C=O) groups excluding carboxylic acids is 1. The molecule has 3 nitrogen and oxygen atoms in total. The van der Waals surface area contributed by atoms with Crippen molar-refractivity contribution in [3.05, 3.63) is 12.2 Å². The van der Waals surface area contributed by atoms with Crippen molar-refractivity contribution in [2.75, 3.05) is 13.2 Å². The lowest BCUT2D eigenvalue weighted by atomic mass is 10.1. The molecule has 0 aliphatic heterocycles. The molecule has 3 heteroatoms. The summed E-state index contributed by atoms with van der Waals surface area (Å²) < 4.78 is 11.0. The van der Waals surface area contributed by atoms with Gasteiger partial charge in [0, 0.05) is 12.2 Å². The van der Waals surface area contributed by atoms with Crippen LogP contribution in [0.2, 0.25) is 0 Å². The Kier molecular flexibility index (Phi) is 11.7. The smallest absolute Gasteiger partial charge is 0.333 e. The summed E-state index contributed by atoms with van der Waals surface area (Å²) >= 11 is 0. The van der Waals surface area contributed by atoms with Crippen molar-refractivity contribution in [2.45, 2.75) is 71.8 Å². The van der Waals surface area contributed by atoms with Crippen molar-refractivity contribution in [1.29, 1.82) is 0 Å². The van der Waals surface area contributed by atoms with Crippen molar-refractivity contribution in [1.82, 2.24) is 0 Å². The van der Waals surface area contributed by atoms with Crippen LogP contribution in [0.3, 0.4) is 0 Å². The van der Waals surface area contributed by atoms with Crippen LogP contribution in [0, 0.1) is 0 Å².